The van der Waals surface area contributed by atoms with E-state index in [1.54, 1.807) is 0 Å². The lowest BCUT2D eigenvalue weighted by molar-refractivity contribution is -0.132. The van der Waals surface area contributed by atoms with Crippen LogP contribution in [0.4, 0.5) is 0 Å². The highest BCUT2D eigenvalue weighted by atomic mass is 16.5. The number of piperidine rings is 1. The zero-order valence-corrected chi connectivity index (χ0v) is 14.5. The SMILES string of the molecule is O=C(CCN1CCC(COc2ccccc2)CC1)N1CCNCC1. The minimum absolute atomic E-state index is 0.311. The second-order valence-corrected chi connectivity index (χ2v) is 6.79. The number of para-hydroxylation sites is 1. The number of piperazine rings is 1. The van der Waals surface area contributed by atoms with Gasteiger partial charge in [-0.1, -0.05) is 18.2 Å². The number of amides is 1. The van der Waals surface area contributed by atoms with Gasteiger partial charge in [0.2, 0.25) is 5.91 Å². The second kappa shape index (κ2) is 9.04. The van der Waals surface area contributed by atoms with E-state index in [1.165, 1.54) is 0 Å². The molecule has 1 aromatic rings. The lowest BCUT2D eigenvalue weighted by Crippen LogP contribution is -2.47. The van der Waals surface area contributed by atoms with E-state index in [2.05, 4.69) is 10.2 Å². The minimum Gasteiger partial charge on any atom is -0.493 e. The summed E-state index contributed by atoms with van der Waals surface area (Å²) < 4.78 is 5.87. The van der Waals surface area contributed by atoms with Crippen LogP contribution in [0.3, 0.4) is 0 Å². The van der Waals surface area contributed by atoms with Crippen LogP contribution in [0.25, 0.3) is 0 Å². The standard InChI is InChI=1S/C19H29N3O2/c23-19(22-14-9-20-10-15-22)8-13-21-11-6-17(7-12-21)16-24-18-4-2-1-3-5-18/h1-5,17,20H,6-16H2. The van der Waals surface area contributed by atoms with E-state index in [0.29, 0.717) is 18.2 Å². The molecule has 1 amide bonds. The Hall–Kier alpha value is -1.59. The van der Waals surface area contributed by atoms with Crippen molar-refractivity contribution in [2.75, 3.05) is 52.4 Å². The quantitative estimate of drug-likeness (QED) is 0.860. The van der Waals surface area contributed by atoms with Crippen molar-refractivity contribution in [1.29, 1.82) is 0 Å². The first-order chi connectivity index (χ1) is 11.8. The predicted octanol–water partition coefficient (Wildman–Crippen LogP) is 1.60. The van der Waals surface area contributed by atoms with E-state index < -0.39 is 0 Å². The first-order valence-corrected chi connectivity index (χ1v) is 9.20. The summed E-state index contributed by atoms with van der Waals surface area (Å²) in [5.74, 6) is 1.90. The third kappa shape index (κ3) is 5.21. The molecule has 0 aromatic heterocycles. The fraction of sp³-hybridized carbons (Fsp3) is 0.632. The third-order valence-corrected chi connectivity index (χ3v) is 5.05. The third-order valence-electron chi connectivity index (χ3n) is 5.05. The molecule has 1 N–H and O–H groups in total. The van der Waals surface area contributed by atoms with Crippen molar-refractivity contribution >= 4 is 5.91 Å². The number of carbonyl (C=O) groups is 1. The second-order valence-electron chi connectivity index (χ2n) is 6.79. The summed E-state index contributed by atoms with van der Waals surface area (Å²) >= 11 is 0. The maximum Gasteiger partial charge on any atom is 0.223 e. The molecule has 0 saturated carbocycles. The van der Waals surface area contributed by atoms with Gasteiger partial charge < -0.3 is 19.9 Å². The maximum atomic E-state index is 12.2. The lowest BCUT2D eigenvalue weighted by atomic mass is 9.97. The van der Waals surface area contributed by atoms with Crippen LogP contribution in [0.5, 0.6) is 5.75 Å². The van der Waals surface area contributed by atoms with E-state index in [-0.39, 0.29) is 0 Å². The van der Waals surface area contributed by atoms with Crippen LogP contribution in [0, 0.1) is 5.92 Å². The van der Waals surface area contributed by atoms with Gasteiger partial charge in [0.1, 0.15) is 5.75 Å². The van der Waals surface area contributed by atoms with Crippen molar-refractivity contribution in [2.24, 2.45) is 5.92 Å². The average molecular weight is 331 g/mol. The average Bonchev–Trinajstić information content (AvgIpc) is 2.67. The van der Waals surface area contributed by atoms with Gasteiger partial charge in [0, 0.05) is 39.1 Å². The van der Waals surface area contributed by atoms with Gasteiger partial charge in [0.05, 0.1) is 6.61 Å². The summed E-state index contributed by atoms with van der Waals surface area (Å²) in [7, 11) is 0. The Morgan fingerprint density at radius 2 is 1.79 bits per heavy atom. The maximum absolute atomic E-state index is 12.2. The van der Waals surface area contributed by atoms with E-state index in [9.17, 15) is 4.79 Å². The number of benzene rings is 1. The molecule has 0 atom stereocenters. The van der Waals surface area contributed by atoms with Crippen molar-refractivity contribution < 1.29 is 9.53 Å². The molecule has 0 aliphatic carbocycles. The molecule has 2 fully saturated rings. The molecule has 2 heterocycles. The topological polar surface area (TPSA) is 44.8 Å². The van der Waals surface area contributed by atoms with Gasteiger partial charge in [0.25, 0.3) is 0 Å². The van der Waals surface area contributed by atoms with Crippen LogP contribution < -0.4 is 10.1 Å². The molecule has 5 heteroatoms. The molecule has 5 nitrogen and oxygen atoms in total. The number of hydrogen-bond donors (Lipinski definition) is 1. The van der Waals surface area contributed by atoms with Gasteiger partial charge in [-0.05, 0) is 44.0 Å². The Kier molecular flexibility index (Phi) is 6.49. The van der Waals surface area contributed by atoms with Gasteiger partial charge >= 0.3 is 0 Å². The number of ether oxygens (including phenoxy) is 1. The fourth-order valence-electron chi connectivity index (χ4n) is 3.43. The predicted molar refractivity (Wildman–Crippen MR) is 95.2 cm³/mol. The van der Waals surface area contributed by atoms with Gasteiger partial charge in [-0.15, -0.1) is 0 Å². The molecule has 0 bridgehead atoms. The summed E-state index contributed by atoms with van der Waals surface area (Å²) in [6, 6.07) is 10.0. The molecule has 0 unspecified atom stereocenters. The summed E-state index contributed by atoms with van der Waals surface area (Å²) in [5.41, 5.74) is 0. The monoisotopic (exact) mass is 331 g/mol. The van der Waals surface area contributed by atoms with Gasteiger partial charge in [0.15, 0.2) is 0 Å². The van der Waals surface area contributed by atoms with Crippen molar-refractivity contribution in [2.45, 2.75) is 19.3 Å². The Morgan fingerprint density at radius 1 is 1.08 bits per heavy atom. The highest BCUT2D eigenvalue weighted by molar-refractivity contribution is 5.76. The van der Waals surface area contributed by atoms with Gasteiger partial charge in [-0.25, -0.2) is 0 Å². The Labute approximate surface area is 145 Å². The summed E-state index contributed by atoms with van der Waals surface area (Å²) in [5, 5.41) is 3.29. The Balaban J connectivity index is 1.31. The normalized spacial score (nSPS) is 20.1. The van der Waals surface area contributed by atoms with Crippen molar-refractivity contribution in [3.05, 3.63) is 30.3 Å². The molecule has 2 saturated heterocycles. The zero-order chi connectivity index (χ0) is 16.6. The summed E-state index contributed by atoms with van der Waals surface area (Å²) in [6.07, 6.45) is 2.98. The molecule has 3 rings (SSSR count). The number of hydrogen-bond acceptors (Lipinski definition) is 4. The number of likely N-dealkylation sites (tertiary alicyclic amines) is 1. The summed E-state index contributed by atoms with van der Waals surface area (Å²) in [6.45, 7) is 7.44. The van der Waals surface area contributed by atoms with Gasteiger partial charge in [-0.3, -0.25) is 4.79 Å². The molecule has 1 aromatic carbocycles. The molecule has 2 aliphatic heterocycles. The molecule has 0 radical (unpaired) electrons. The number of nitrogens with zero attached hydrogens (tertiary/aromatic N) is 2. The molecular formula is C19H29N3O2. The van der Waals surface area contributed by atoms with Crippen LogP contribution in [0.1, 0.15) is 19.3 Å². The largest absolute Gasteiger partial charge is 0.493 e. The van der Waals surface area contributed by atoms with Crippen molar-refractivity contribution in [3.8, 4) is 5.75 Å². The highest BCUT2D eigenvalue weighted by Crippen LogP contribution is 2.19. The van der Waals surface area contributed by atoms with Crippen LogP contribution in [-0.4, -0.2) is 68.1 Å². The number of carbonyl (C=O) groups excluding carboxylic acids is 1. The van der Waals surface area contributed by atoms with E-state index in [4.69, 9.17) is 4.74 Å². The van der Waals surface area contributed by atoms with Crippen LogP contribution in [0.2, 0.25) is 0 Å². The molecular weight excluding hydrogens is 302 g/mol. The molecule has 2 aliphatic rings. The molecule has 0 spiro atoms. The zero-order valence-electron chi connectivity index (χ0n) is 14.5. The van der Waals surface area contributed by atoms with Crippen LogP contribution in [-0.2, 0) is 4.79 Å². The van der Waals surface area contributed by atoms with Gasteiger partial charge in [-0.2, -0.15) is 0 Å². The molecule has 132 valence electrons. The van der Waals surface area contributed by atoms with Crippen LogP contribution in [0.15, 0.2) is 30.3 Å². The highest BCUT2D eigenvalue weighted by Gasteiger charge is 2.22. The minimum atomic E-state index is 0.311. The van der Waals surface area contributed by atoms with Crippen molar-refractivity contribution in [1.82, 2.24) is 15.1 Å². The van der Waals surface area contributed by atoms with E-state index in [0.717, 1.165) is 71.0 Å². The first kappa shape index (κ1) is 17.2. The number of rotatable bonds is 6. The number of nitrogens with one attached hydrogen (secondary N) is 1. The van der Waals surface area contributed by atoms with E-state index >= 15 is 0 Å². The smallest absolute Gasteiger partial charge is 0.223 e. The lowest BCUT2D eigenvalue weighted by Gasteiger charge is -2.33. The summed E-state index contributed by atoms with van der Waals surface area (Å²) in [4.78, 5) is 16.6. The Bertz CT molecular complexity index is 495. The molecule has 24 heavy (non-hydrogen) atoms. The van der Waals surface area contributed by atoms with E-state index in [1.807, 2.05) is 35.2 Å². The van der Waals surface area contributed by atoms with Crippen molar-refractivity contribution in [3.63, 3.8) is 0 Å². The van der Waals surface area contributed by atoms with Crippen LogP contribution >= 0.6 is 0 Å². The Morgan fingerprint density at radius 3 is 2.50 bits per heavy atom. The fourth-order valence-corrected chi connectivity index (χ4v) is 3.43. The first-order valence-electron chi connectivity index (χ1n) is 9.20.